The summed E-state index contributed by atoms with van der Waals surface area (Å²) in [6.45, 7) is -0.201. The first-order valence-electron chi connectivity index (χ1n) is 5.40. The fraction of sp³-hybridized carbons (Fsp3) is 0.182. The number of anilines is 1. The third kappa shape index (κ3) is 3.47. The summed E-state index contributed by atoms with van der Waals surface area (Å²) < 4.78 is 27.4. The van der Waals surface area contributed by atoms with E-state index in [1.807, 2.05) is 0 Å². The van der Waals surface area contributed by atoms with E-state index in [0.717, 1.165) is 18.2 Å². The molecule has 0 saturated heterocycles. The van der Waals surface area contributed by atoms with E-state index in [1.54, 1.807) is 0 Å². The second kappa shape index (κ2) is 5.42. The summed E-state index contributed by atoms with van der Waals surface area (Å²) in [4.78, 5) is 15.2. The molecule has 0 fully saturated rings. The van der Waals surface area contributed by atoms with Gasteiger partial charge in [-0.05, 0) is 18.2 Å². The number of nitrogen functional groups attached to an aromatic ring is 1. The third-order valence-electron chi connectivity index (χ3n) is 2.34. The molecule has 8 heteroatoms. The van der Waals surface area contributed by atoms with Crippen molar-refractivity contribution in [2.45, 2.75) is 13.1 Å². The van der Waals surface area contributed by atoms with Crippen LogP contribution in [0, 0.1) is 11.6 Å². The van der Waals surface area contributed by atoms with Crippen LogP contribution in [-0.4, -0.2) is 20.7 Å². The van der Waals surface area contributed by atoms with Crippen molar-refractivity contribution in [3.63, 3.8) is 0 Å². The third-order valence-corrected chi connectivity index (χ3v) is 2.34. The zero-order valence-corrected chi connectivity index (χ0v) is 9.81. The molecule has 0 bridgehead atoms. The first-order valence-corrected chi connectivity index (χ1v) is 5.40. The molecule has 0 saturated carbocycles. The van der Waals surface area contributed by atoms with Crippen LogP contribution in [0.25, 0.3) is 0 Å². The molecule has 2 aromatic rings. The number of hydrogen-bond acceptors (Lipinski definition) is 4. The van der Waals surface area contributed by atoms with Crippen LogP contribution in [0.2, 0.25) is 0 Å². The van der Waals surface area contributed by atoms with Crippen molar-refractivity contribution in [1.29, 1.82) is 0 Å². The van der Waals surface area contributed by atoms with Gasteiger partial charge in [0, 0.05) is 12.1 Å². The van der Waals surface area contributed by atoms with Crippen LogP contribution in [0.15, 0.2) is 24.5 Å². The molecule has 0 atom stereocenters. The van der Waals surface area contributed by atoms with Crippen LogP contribution >= 0.6 is 0 Å². The van der Waals surface area contributed by atoms with Crippen molar-refractivity contribution >= 4 is 11.9 Å². The maximum atomic E-state index is 13.3. The standard InChI is InChI=1S/C11H11F2N5O/c12-8-1-2-9(13)7(3-8)4-15-10(19)5-18-6-16-11(14)17-18/h1-3,6H,4-5H2,(H2,14,17)(H,15,19). The van der Waals surface area contributed by atoms with Crippen LogP contribution in [0.3, 0.4) is 0 Å². The Hall–Kier alpha value is -2.51. The van der Waals surface area contributed by atoms with Crippen LogP contribution in [0.5, 0.6) is 0 Å². The maximum absolute atomic E-state index is 13.3. The van der Waals surface area contributed by atoms with Gasteiger partial charge < -0.3 is 11.1 Å². The van der Waals surface area contributed by atoms with Gasteiger partial charge >= 0.3 is 0 Å². The quantitative estimate of drug-likeness (QED) is 0.842. The number of nitrogens with one attached hydrogen (secondary N) is 1. The van der Waals surface area contributed by atoms with Gasteiger partial charge in [-0.15, -0.1) is 5.10 Å². The lowest BCUT2D eigenvalue weighted by Gasteiger charge is -2.06. The Bertz CT molecular complexity index is 599. The fourth-order valence-corrected chi connectivity index (χ4v) is 1.46. The molecule has 0 unspecified atom stereocenters. The van der Waals surface area contributed by atoms with Gasteiger partial charge in [0.25, 0.3) is 0 Å². The van der Waals surface area contributed by atoms with Gasteiger partial charge in [-0.3, -0.25) is 4.79 Å². The van der Waals surface area contributed by atoms with Crippen molar-refractivity contribution in [3.8, 4) is 0 Å². The summed E-state index contributed by atoms with van der Waals surface area (Å²) in [5.41, 5.74) is 5.37. The van der Waals surface area contributed by atoms with Gasteiger partial charge in [0.2, 0.25) is 11.9 Å². The van der Waals surface area contributed by atoms with Gasteiger partial charge in [-0.2, -0.15) is 0 Å². The summed E-state index contributed by atoms with van der Waals surface area (Å²) in [5.74, 6) is -1.49. The molecule has 0 spiro atoms. The molecule has 19 heavy (non-hydrogen) atoms. The number of benzene rings is 1. The molecule has 2 rings (SSSR count). The highest BCUT2D eigenvalue weighted by atomic mass is 19.1. The average Bonchev–Trinajstić information content (AvgIpc) is 2.76. The number of nitrogens with zero attached hydrogens (tertiary/aromatic N) is 3. The number of hydrogen-bond donors (Lipinski definition) is 2. The van der Waals surface area contributed by atoms with Gasteiger partial charge in [0.1, 0.15) is 24.5 Å². The molecule has 0 aliphatic rings. The molecule has 0 radical (unpaired) electrons. The van der Waals surface area contributed by atoms with Gasteiger partial charge in [0.15, 0.2) is 0 Å². The lowest BCUT2D eigenvalue weighted by Crippen LogP contribution is -2.27. The van der Waals surface area contributed by atoms with Crippen LogP contribution < -0.4 is 11.1 Å². The fourth-order valence-electron chi connectivity index (χ4n) is 1.46. The second-order valence-corrected chi connectivity index (χ2v) is 3.81. The molecule has 100 valence electrons. The van der Waals surface area contributed by atoms with E-state index in [1.165, 1.54) is 11.0 Å². The molecule has 1 aromatic heterocycles. The summed E-state index contributed by atoms with van der Waals surface area (Å²) in [6, 6.07) is 3.05. The summed E-state index contributed by atoms with van der Waals surface area (Å²) >= 11 is 0. The molecule has 0 aliphatic carbocycles. The Morgan fingerprint density at radius 1 is 1.42 bits per heavy atom. The van der Waals surface area contributed by atoms with Gasteiger partial charge in [-0.1, -0.05) is 0 Å². The second-order valence-electron chi connectivity index (χ2n) is 3.81. The largest absolute Gasteiger partial charge is 0.367 e. The predicted molar refractivity (Wildman–Crippen MR) is 62.6 cm³/mol. The highest BCUT2D eigenvalue weighted by Gasteiger charge is 2.07. The summed E-state index contributed by atoms with van der Waals surface area (Å²) in [6.07, 6.45) is 1.30. The molecule has 1 aromatic carbocycles. The Balaban J connectivity index is 1.91. The molecular formula is C11H11F2N5O. The number of amides is 1. The minimum absolute atomic E-state index is 0.0592. The van der Waals surface area contributed by atoms with Crippen LogP contribution in [0.1, 0.15) is 5.56 Å². The van der Waals surface area contributed by atoms with Gasteiger partial charge in [-0.25, -0.2) is 18.4 Å². The first-order chi connectivity index (χ1) is 9.04. The normalized spacial score (nSPS) is 10.4. The molecule has 1 heterocycles. The van der Waals surface area contributed by atoms with Crippen molar-refractivity contribution in [2.75, 3.05) is 5.73 Å². The monoisotopic (exact) mass is 267 g/mol. The maximum Gasteiger partial charge on any atom is 0.242 e. The van der Waals surface area contributed by atoms with Gasteiger partial charge in [0.05, 0.1) is 0 Å². The predicted octanol–water partition coefficient (Wildman–Crippen LogP) is 0.455. The van der Waals surface area contributed by atoms with E-state index in [4.69, 9.17) is 5.73 Å². The molecule has 3 N–H and O–H groups in total. The van der Waals surface area contributed by atoms with E-state index in [2.05, 4.69) is 15.4 Å². The number of aromatic nitrogens is 3. The highest BCUT2D eigenvalue weighted by molar-refractivity contribution is 5.75. The lowest BCUT2D eigenvalue weighted by atomic mass is 10.2. The SMILES string of the molecule is Nc1ncn(CC(=O)NCc2cc(F)ccc2F)n1. The number of carbonyl (C=O) groups excluding carboxylic acids is 1. The number of rotatable bonds is 4. The van der Waals surface area contributed by atoms with Crippen molar-refractivity contribution in [1.82, 2.24) is 20.1 Å². The summed E-state index contributed by atoms with van der Waals surface area (Å²) in [7, 11) is 0. The molecule has 1 amide bonds. The van der Waals surface area contributed by atoms with E-state index < -0.39 is 17.5 Å². The van der Waals surface area contributed by atoms with Crippen molar-refractivity contribution in [3.05, 3.63) is 41.7 Å². The highest BCUT2D eigenvalue weighted by Crippen LogP contribution is 2.09. The summed E-state index contributed by atoms with van der Waals surface area (Å²) in [5, 5.41) is 6.18. The zero-order chi connectivity index (χ0) is 13.8. The topological polar surface area (TPSA) is 85.8 Å². The smallest absolute Gasteiger partial charge is 0.242 e. The number of halogens is 2. The zero-order valence-electron chi connectivity index (χ0n) is 9.81. The Kier molecular flexibility index (Phi) is 3.69. The van der Waals surface area contributed by atoms with Crippen molar-refractivity contribution < 1.29 is 13.6 Å². The van der Waals surface area contributed by atoms with Crippen LogP contribution in [-0.2, 0) is 17.9 Å². The first kappa shape index (κ1) is 12.9. The van der Waals surface area contributed by atoms with Crippen molar-refractivity contribution in [2.24, 2.45) is 0 Å². The van der Waals surface area contributed by atoms with E-state index in [-0.39, 0.29) is 24.6 Å². The number of nitrogens with two attached hydrogens (primary N) is 1. The molecular weight excluding hydrogens is 256 g/mol. The Morgan fingerprint density at radius 3 is 2.89 bits per heavy atom. The minimum Gasteiger partial charge on any atom is -0.367 e. The number of carbonyl (C=O) groups is 1. The van der Waals surface area contributed by atoms with E-state index in [9.17, 15) is 13.6 Å². The van der Waals surface area contributed by atoms with E-state index in [0.29, 0.717) is 0 Å². The lowest BCUT2D eigenvalue weighted by molar-refractivity contribution is -0.122. The Morgan fingerprint density at radius 2 is 2.21 bits per heavy atom. The average molecular weight is 267 g/mol. The minimum atomic E-state index is -0.577. The molecule has 6 nitrogen and oxygen atoms in total. The van der Waals surface area contributed by atoms with E-state index >= 15 is 0 Å². The molecule has 0 aliphatic heterocycles. The Labute approximate surface area is 107 Å². The van der Waals surface area contributed by atoms with Crippen LogP contribution in [0.4, 0.5) is 14.7 Å².